The number of benzene rings is 1. The van der Waals surface area contributed by atoms with Gasteiger partial charge in [-0.25, -0.2) is 8.42 Å². The van der Waals surface area contributed by atoms with E-state index in [0.29, 0.717) is 5.56 Å². The first-order valence-corrected chi connectivity index (χ1v) is 8.82. The molecule has 0 unspecified atom stereocenters. The Hall–Kier alpha value is -1.95. The van der Waals surface area contributed by atoms with Gasteiger partial charge >= 0.3 is 0 Å². The van der Waals surface area contributed by atoms with Gasteiger partial charge in [-0.1, -0.05) is 18.2 Å². The minimum atomic E-state index is -3.16. The van der Waals surface area contributed by atoms with Crippen LogP contribution in [0.1, 0.15) is 24.2 Å². The first-order chi connectivity index (χ1) is 10.3. The third-order valence-corrected chi connectivity index (χ3v) is 6.74. The van der Waals surface area contributed by atoms with Gasteiger partial charge in [0, 0.05) is 24.7 Å². The number of hydrogen-bond donors (Lipinski definition) is 0. The maximum atomic E-state index is 12.8. The Kier molecular flexibility index (Phi) is 3.44. The first-order valence-electron chi connectivity index (χ1n) is 7.17. The second-order valence-corrected chi connectivity index (χ2v) is 8.92. The topological polar surface area (TPSA) is 67.3 Å². The molecule has 0 aliphatic carbocycles. The summed E-state index contributed by atoms with van der Waals surface area (Å²) < 4.78 is 23.2. The number of hydrogen-bond acceptors (Lipinski definition) is 4. The lowest BCUT2D eigenvalue weighted by molar-refractivity contribution is 0.0745. The van der Waals surface area contributed by atoms with Gasteiger partial charge in [-0.3, -0.25) is 9.78 Å². The highest BCUT2D eigenvalue weighted by atomic mass is 32.2. The molecule has 1 aromatic carbocycles. The van der Waals surface area contributed by atoms with Crippen molar-refractivity contribution < 1.29 is 13.2 Å². The van der Waals surface area contributed by atoms with Gasteiger partial charge in [0.2, 0.25) is 0 Å². The van der Waals surface area contributed by atoms with E-state index in [2.05, 4.69) is 4.98 Å². The van der Waals surface area contributed by atoms with Crippen molar-refractivity contribution in [2.45, 2.75) is 18.6 Å². The van der Waals surface area contributed by atoms with Gasteiger partial charge in [0.1, 0.15) is 0 Å². The molecule has 1 saturated heterocycles. The summed E-state index contributed by atoms with van der Waals surface area (Å²) in [5.41, 5.74) is 1.33. The fourth-order valence-corrected chi connectivity index (χ4v) is 4.14. The highest BCUT2D eigenvalue weighted by Crippen LogP contribution is 2.26. The highest BCUT2D eigenvalue weighted by molar-refractivity contribution is 7.92. The zero-order chi connectivity index (χ0) is 16.0. The monoisotopic (exact) mass is 318 g/mol. The van der Waals surface area contributed by atoms with Crippen molar-refractivity contribution in [1.29, 1.82) is 0 Å². The van der Waals surface area contributed by atoms with Crippen LogP contribution in [0.2, 0.25) is 0 Å². The highest BCUT2D eigenvalue weighted by Gasteiger charge is 2.41. The minimum Gasteiger partial charge on any atom is -0.336 e. The van der Waals surface area contributed by atoms with E-state index < -0.39 is 14.6 Å². The van der Waals surface area contributed by atoms with E-state index >= 15 is 0 Å². The van der Waals surface area contributed by atoms with Crippen molar-refractivity contribution in [2.75, 3.05) is 18.8 Å². The summed E-state index contributed by atoms with van der Waals surface area (Å²) in [5.74, 6) is -0.129. The number of sulfone groups is 1. The Morgan fingerprint density at radius 3 is 2.68 bits per heavy atom. The van der Waals surface area contributed by atoms with E-state index in [9.17, 15) is 13.2 Å². The molecule has 5 nitrogen and oxygen atoms in total. The van der Waals surface area contributed by atoms with Crippen LogP contribution in [0.15, 0.2) is 36.5 Å². The molecule has 6 heteroatoms. The van der Waals surface area contributed by atoms with E-state index in [1.54, 1.807) is 31.0 Å². The lowest BCUT2D eigenvalue weighted by atomic mass is 10.1. The van der Waals surface area contributed by atoms with Crippen molar-refractivity contribution >= 4 is 26.6 Å². The van der Waals surface area contributed by atoms with Gasteiger partial charge in [0.05, 0.1) is 21.6 Å². The summed E-state index contributed by atoms with van der Waals surface area (Å²) in [6.07, 6.45) is 1.61. The van der Waals surface area contributed by atoms with Gasteiger partial charge in [-0.15, -0.1) is 0 Å². The zero-order valence-corrected chi connectivity index (χ0v) is 13.4. The number of amides is 1. The molecule has 1 aliphatic heterocycles. The van der Waals surface area contributed by atoms with E-state index in [1.165, 1.54) is 0 Å². The molecule has 0 atom stereocenters. The molecular weight excluding hydrogens is 300 g/mol. The molecule has 1 aliphatic rings. The number of nitrogens with zero attached hydrogens (tertiary/aromatic N) is 2. The van der Waals surface area contributed by atoms with Gasteiger partial charge in [0.15, 0.2) is 9.84 Å². The Morgan fingerprint density at radius 1 is 1.23 bits per heavy atom. The van der Waals surface area contributed by atoms with Crippen LogP contribution in [0, 0.1) is 0 Å². The predicted molar refractivity (Wildman–Crippen MR) is 85.5 cm³/mol. The van der Waals surface area contributed by atoms with Gasteiger partial charge in [0.25, 0.3) is 5.91 Å². The van der Waals surface area contributed by atoms with E-state index in [1.807, 2.05) is 24.3 Å². The van der Waals surface area contributed by atoms with Crippen molar-refractivity contribution in [1.82, 2.24) is 9.88 Å². The number of aromatic nitrogens is 1. The van der Waals surface area contributed by atoms with Gasteiger partial charge in [-0.05, 0) is 26.0 Å². The summed E-state index contributed by atoms with van der Waals surface area (Å²) in [4.78, 5) is 18.7. The van der Waals surface area contributed by atoms with Crippen molar-refractivity contribution in [3.63, 3.8) is 0 Å². The molecule has 0 saturated carbocycles. The summed E-state index contributed by atoms with van der Waals surface area (Å²) in [6, 6.07) is 9.16. The molecule has 22 heavy (non-hydrogen) atoms. The molecule has 1 amide bonds. The summed E-state index contributed by atoms with van der Waals surface area (Å²) in [7, 11) is -3.16. The maximum absolute atomic E-state index is 12.8. The van der Waals surface area contributed by atoms with Crippen LogP contribution in [0.4, 0.5) is 0 Å². The van der Waals surface area contributed by atoms with E-state index in [0.717, 1.165) is 10.9 Å². The number of carbonyl (C=O) groups excluding carboxylic acids is 1. The average Bonchev–Trinajstić information content (AvgIpc) is 2.49. The smallest absolute Gasteiger partial charge is 0.254 e. The fourth-order valence-electron chi connectivity index (χ4n) is 2.77. The Balaban J connectivity index is 1.98. The summed E-state index contributed by atoms with van der Waals surface area (Å²) in [5, 5.41) is 0.793. The van der Waals surface area contributed by atoms with Crippen molar-refractivity contribution in [3.8, 4) is 0 Å². The normalized spacial score (nSPS) is 20.0. The predicted octanol–water partition coefficient (Wildman–Crippen LogP) is 1.88. The number of carbonyl (C=O) groups is 1. The lowest BCUT2D eigenvalue weighted by Gasteiger charge is -2.37. The average molecular weight is 318 g/mol. The molecular formula is C16H18N2O3S. The van der Waals surface area contributed by atoms with E-state index in [4.69, 9.17) is 0 Å². The fraction of sp³-hybridized carbons (Fsp3) is 0.375. The summed E-state index contributed by atoms with van der Waals surface area (Å²) >= 11 is 0. The molecule has 116 valence electrons. The quantitative estimate of drug-likeness (QED) is 0.805. The van der Waals surface area contributed by atoms with Crippen molar-refractivity contribution in [2.24, 2.45) is 0 Å². The second kappa shape index (κ2) is 5.05. The third kappa shape index (κ3) is 2.37. The molecule has 2 aromatic rings. The van der Waals surface area contributed by atoms with Crippen LogP contribution in [0.25, 0.3) is 10.9 Å². The largest absolute Gasteiger partial charge is 0.336 e. The van der Waals surface area contributed by atoms with Crippen LogP contribution in [-0.2, 0) is 9.84 Å². The Labute approximate surface area is 129 Å². The Morgan fingerprint density at radius 2 is 1.95 bits per heavy atom. The Bertz CT molecular complexity index is 838. The SMILES string of the molecule is CC1(C)CN(C(=O)c2ccnc3ccccc23)CCS1(=O)=O. The second-order valence-electron chi connectivity index (χ2n) is 6.18. The number of rotatable bonds is 1. The van der Waals surface area contributed by atoms with Crippen molar-refractivity contribution in [3.05, 3.63) is 42.1 Å². The van der Waals surface area contributed by atoms with Crippen LogP contribution >= 0.6 is 0 Å². The van der Waals surface area contributed by atoms with Gasteiger partial charge in [-0.2, -0.15) is 0 Å². The minimum absolute atomic E-state index is 0.00869. The van der Waals surface area contributed by atoms with E-state index in [-0.39, 0.29) is 24.7 Å². The molecule has 0 bridgehead atoms. The van der Waals surface area contributed by atoms with Crippen LogP contribution in [0.3, 0.4) is 0 Å². The maximum Gasteiger partial charge on any atom is 0.254 e. The van der Waals surface area contributed by atoms with Crippen LogP contribution < -0.4 is 0 Å². The number of fused-ring (bicyclic) bond motifs is 1. The molecule has 3 rings (SSSR count). The number of para-hydroxylation sites is 1. The van der Waals surface area contributed by atoms with Gasteiger partial charge < -0.3 is 4.90 Å². The zero-order valence-electron chi connectivity index (χ0n) is 12.6. The standard InChI is InChI=1S/C16H18N2O3S/c1-16(2)11-18(9-10-22(16,20)21)15(19)13-7-8-17-14-6-4-3-5-12(13)14/h3-8H,9-11H2,1-2H3. The molecule has 0 spiro atoms. The molecule has 1 fully saturated rings. The lowest BCUT2D eigenvalue weighted by Crippen LogP contribution is -2.54. The number of pyridine rings is 1. The molecule has 1 aromatic heterocycles. The summed E-state index contributed by atoms with van der Waals surface area (Å²) in [6.45, 7) is 3.80. The third-order valence-electron chi connectivity index (χ3n) is 4.21. The first kappa shape index (κ1) is 15.0. The van der Waals surface area contributed by atoms with Crippen LogP contribution in [0.5, 0.6) is 0 Å². The molecule has 0 N–H and O–H groups in total. The molecule has 0 radical (unpaired) electrons. The molecule has 2 heterocycles. The van der Waals surface area contributed by atoms with Crippen LogP contribution in [-0.4, -0.2) is 47.8 Å².